The average Bonchev–Trinajstić information content (AvgIpc) is 3.10. The van der Waals surface area contributed by atoms with E-state index in [4.69, 9.17) is 17.3 Å². The summed E-state index contributed by atoms with van der Waals surface area (Å²) in [4.78, 5) is 28.3. The van der Waals surface area contributed by atoms with Gasteiger partial charge in [0.15, 0.2) is 0 Å². The molecule has 1 saturated heterocycles. The average molecular weight is 421 g/mol. The Bertz CT molecular complexity index is 1250. The molecule has 0 radical (unpaired) electrons. The summed E-state index contributed by atoms with van der Waals surface area (Å²) in [6, 6.07) is 12.1. The third-order valence-corrected chi connectivity index (χ3v) is 5.92. The molecule has 7 nitrogen and oxygen atoms in total. The number of H-pyrrole nitrogens is 1. The highest BCUT2D eigenvalue weighted by Crippen LogP contribution is 2.25. The number of nitrogens with two attached hydrogens (primary N) is 1. The number of aromatic amines is 1. The van der Waals surface area contributed by atoms with Gasteiger partial charge in [-0.15, -0.1) is 0 Å². The molecule has 2 aromatic carbocycles. The summed E-state index contributed by atoms with van der Waals surface area (Å²) in [7, 11) is 0. The van der Waals surface area contributed by atoms with Gasteiger partial charge in [-0.1, -0.05) is 23.7 Å². The third kappa shape index (κ3) is 3.58. The van der Waals surface area contributed by atoms with E-state index < -0.39 is 0 Å². The number of piperazine rings is 1. The SMILES string of the molecule is Nc1ncnc2cc(CN3CCN(Cc4ccc5[nH]cc(Cl)c5c4)CC3=O)ccc12. The van der Waals surface area contributed by atoms with Gasteiger partial charge in [0.25, 0.3) is 0 Å². The van der Waals surface area contributed by atoms with Crippen molar-refractivity contribution in [3.05, 3.63) is 65.1 Å². The molecular formula is C22H21ClN6O. The quantitative estimate of drug-likeness (QED) is 0.529. The van der Waals surface area contributed by atoms with E-state index in [1.54, 1.807) is 6.20 Å². The van der Waals surface area contributed by atoms with Gasteiger partial charge in [0.1, 0.15) is 12.1 Å². The van der Waals surface area contributed by atoms with Crippen LogP contribution in [0.1, 0.15) is 11.1 Å². The van der Waals surface area contributed by atoms with E-state index in [2.05, 4.69) is 32.0 Å². The zero-order chi connectivity index (χ0) is 20.7. The van der Waals surface area contributed by atoms with Crippen LogP contribution in [0.15, 0.2) is 48.9 Å². The van der Waals surface area contributed by atoms with Crippen LogP contribution in [0, 0.1) is 0 Å². The lowest BCUT2D eigenvalue weighted by molar-refractivity contribution is -0.136. The molecule has 4 aromatic rings. The maximum absolute atomic E-state index is 12.8. The van der Waals surface area contributed by atoms with Crippen molar-refractivity contribution >= 4 is 45.1 Å². The van der Waals surface area contributed by atoms with Crippen LogP contribution in [-0.4, -0.2) is 50.3 Å². The van der Waals surface area contributed by atoms with Crippen LogP contribution in [0.25, 0.3) is 21.8 Å². The number of aromatic nitrogens is 3. The number of hydrogen-bond donors (Lipinski definition) is 2. The highest BCUT2D eigenvalue weighted by atomic mass is 35.5. The monoisotopic (exact) mass is 420 g/mol. The van der Waals surface area contributed by atoms with Crippen molar-refractivity contribution in [1.82, 2.24) is 24.8 Å². The molecule has 3 heterocycles. The van der Waals surface area contributed by atoms with E-state index in [0.29, 0.717) is 25.5 Å². The van der Waals surface area contributed by atoms with Crippen molar-refractivity contribution in [3.8, 4) is 0 Å². The molecule has 30 heavy (non-hydrogen) atoms. The largest absolute Gasteiger partial charge is 0.383 e. The van der Waals surface area contributed by atoms with Crippen molar-refractivity contribution < 1.29 is 4.79 Å². The summed E-state index contributed by atoms with van der Waals surface area (Å²) < 4.78 is 0. The van der Waals surface area contributed by atoms with Gasteiger partial charge in [-0.2, -0.15) is 0 Å². The molecule has 1 aliphatic rings. The molecule has 8 heteroatoms. The highest BCUT2D eigenvalue weighted by molar-refractivity contribution is 6.35. The molecule has 3 N–H and O–H groups in total. The maximum atomic E-state index is 12.8. The molecule has 1 aliphatic heterocycles. The van der Waals surface area contributed by atoms with E-state index in [9.17, 15) is 4.79 Å². The van der Waals surface area contributed by atoms with Crippen molar-refractivity contribution in [3.63, 3.8) is 0 Å². The number of carbonyl (C=O) groups excluding carboxylic acids is 1. The van der Waals surface area contributed by atoms with Crippen LogP contribution >= 0.6 is 11.6 Å². The van der Waals surface area contributed by atoms with Gasteiger partial charge in [0.2, 0.25) is 5.91 Å². The predicted octanol–water partition coefficient (Wildman–Crippen LogP) is 3.19. The van der Waals surface area contributed by atoms with Crippen molar-refractivity contribution in [1.29, 1.82) is 0 Å². The first-order valence-corrected chi connectivity index (χ1v) is 10.2. The summed E-state index contributed by atoms with van der Waals surface area (Å²) in [5.74, 6) is 0.597. The van der Waals surface area contributed by atoms with Crippen LogP contribution in [0.4, 0.5) is 5.82 Å². The Hall–Kier alpha value is -3.16. The number of hydrogen-bond acceptors (Lipinski definition) is 5. The lowest BCUT2D eigenvalue weighted by Gasteiger charge is -2.34. The lowest BCUT2D eigenvalue weighted by Crippen LogP contribution is -2.49. The fourth-order valence-electron chi connectivity index (χ4n) is 3.99. The number of nitrogens with zero attached hydrogens (tertiary/aromatic N) is 4. The number of nitrogens with one attached hydrogen (secondary N) is 1. The van der Waals surface area contributed by atoms with Gasteiger partial charge in [-0.25, -0.2) is 9.97 Å². The fourth-order valence-corrected chi connectivity index (χ4v) is 4.20. The summed E-state index contributed by atoms with van der Waals surface area (Å²) in [5.41, 5.74) is 9.90. The number of halogens is 1. The number of amides is 1. The molecule has 1 fully saturated rings. The van der Waals surface area contributed by atoms with Crippen LogP contribution in [0.3, 0.4) is 0 Å². The van der Waals surface area contributed by atoms with Gasteiger partial charge in [-0.05, 0) is 35.4 Å². The summed E-state index contributed by atoms with van der Waals surface area (Å²) in [5, 5.41) is 2.56. The lowest BCUT2D eigenvalue weighted by atomic mass is 10.1. The second kappa shape index (κ2) is 7.59. The van der Waals surface area contributed by atoms with E-state index in [0.717, 1.165) is 51.0 Å². The molecule has 5 rings (SSSR count). The van der Waals surface area contributed by atoms with Crippen molar-refractivity contribution in [2.75, 3.05) is 25.4 Å². The minimum Gasteiger partial charge on any atom is -0.383 e. The highest BCUT2D eigenvalue weighted by Gasteiger charge is 2.24. The molecule has 0 saturated carbocycles. The fraction of sp³-hybridized carbons (Fsp3) is 0.227. The molecule has 0 spiro atoms. The normalized spacial score (nSPS) is 15.4. The third-order valence-electron chi connectivity index (χ3n) is 5.60. The number of rotatable bonds is 4. The van der Waals surface area contributed by atoms with Gasteiger partial charge >= 0.3 is 0 Å². The molecule has 2 aromatic heterocycles. The first kappa shape index (κ1) is 18.8. The zero-order valence-corrected chi connectivity index (χ0v) is 17.1. The Morgan fingerprint density at radius 1 is 1.03 bits per heavy atom. The Morgan fingerprint density at radius 2 is 1.87 bits per heavy atom. The van der Waals surface area contributed by atoms with Crippen LogP contribution in [0.2, 0.25) is 5.02 Å². The number of anilines is 1. The van der Waals surface area contributed by atoms with Gasteiger partial charge < -0.3 is 15.6 Å². The van der Waals surface area contributed by atoms with Gasteiger partial charge in [0.05, 0.1) is 17.1 Å². The smallest absolute Gasteiger partial charge is 0.237 e. The van der Waals surface area contributed by atoms with Gasteiger partial charge in [-0.3, -0.25) is 9.69 Å². The molecule has 0 atom stereocenters. The Labute approximate surface area is 178 Å². The summed E-state index contributed by atoms with van der Waals surface area (Å²) in [6.07, 6.45) is 3.26. The summed E-state index contributed by atoms with van der Waals surface area (Å²) in [6.45, 7) is 3.21. The van der Waals surface area contributed by atoms with Crippen molar-refractivity contribution in [2.45, 2.75) is 13.1 Å². The number of benzene rings is 2. The molecule has 0 aliphatic carbocycles. The summed E-state index contributed by atoms with van der Waals surface area (Å²) >= 11 is 6.23. The minimum atomic E-state index is 0.129. The second-order valence-electron chi connectivity index (χ2n) is 7.65. The molecule has 1 amide bonds. The van der Waals surface area contributed by atoms with Gasteiger partial charge in [0, 0.05) is 48.7 Å². The molecular weight excluding hydrogens is 400 g/mol. The molecule has 152 valence electrons. The second-order valence-corrected chi connectivity index (χ2v) is 8.06. The number of carbonyl (C=O) groups is 1. The van der Waals surface area contributed by atoms with E-state index in [1.807, 2.05) is 29.2 Å². The van der Waals surface area contributed by atoms with Crippen molar-refractivity contribution in [2.24, 2.45) is 0 Å². The standard InChI is InChI=1S/C22H21ClN6O/c23-18-9-25-19-4-2-14(7-17(18)19)10-28-5-6-29(21(30)12-28)11-15-1-3-16-20(8-15)26-13-27-22(16)24/h1-4,7-9,13,25H,5-6,10-12H2,(H2,24,26,27). The number of fused-ring (bicyclic) bond motifs is 2. The maximum Gasteiger partial charge on any atom is 0.237 e. The zero-order valence-electron chi connectivity index (χ0n) is 16.3. The molecule has 0 unspecified atom stereocenters. The van der Waals surface area contributed by atoms with E-state index >= 15 is 0 Å². The van der Waals surface area contributed by atoms with Crippen LogP contribution < -0.4 is 5.73 Å². The Balaban J connectivity index is 1.25. The number of nitrogen functional groups attached to an aromatic ring is 1. The van der Waals surface area contributed by atoms with E-state index in [1.165, 1.54) is 6.33 Å². The first-order valence-electron chi connectivity index (χ1n) is 9.81. The topological polar surface area (TPSA) is 91.1 Å². The molecule has 0 bridgehead atoms. The van der Waals surface area contributed by atoms with Crippen LogP contribution in [0.5, 0.6) is 0 Å². The van der Waals surface area contributed by atoms with Crippen LogP contribution in [-0.2, 0) is 17.9 Å². The Morgan fingerprint density at radius 3 is 2.73 bits per heavy atom. The minimum absolute atomic E-state index is 0.129. The van der Waals surface area contributed by atoms with E-state index in [-0.39, 0.29) is 5.91 Å². The first-order chi connectivity index (χ1) is 14.6. The predicted molar refractivity (Wildman–Crippen MR) is 118 cm³/mol. The Kier molecular flexibility index (Phi) is 4.77.